The average Bonchev–Trinajstić information content (AvgIpc) is 2.72. The lowest BCUT2D eigenvalue weighted by atomic mass is 9.73. The highest BCUT2D eigenvalue weighted by atomic mass is 32.2. The summed E-state index contributed by atoms with van der Waals surface area (Å²) in [6.45, 7) is 1.89. The van der Waals surface area contributed by atoms with Crippen molar-refractivity contribution >= 4 is 33.0 Å². The highest BCUT2D eigenvalue weighted by Gasteiger charge is 2.39. The minimum absolute atomic E-state index is 0.188. The smallest absolute Gasteiger partial charge is 0.317 e. The highest BCUT2D eigenvalue weighted by molar-refractivity contribution is 7.92. The number of hydrogen-bond acceptors (Lipinski definition) is 6. The maximum absolute atomic E-state index is 13.0. The second-order valence-corrected chi connectivity index (χ2v) is 9.09. The zero-order valence-electron chi connectivity index (χ0n) is 17.6. The minimum atomic E-state index is -3.43. The number of esters is 1. The van der Waals surface area contributed by atoms with E-state index in [1.807, 2.05) is 18.2 Å². The third-order valence-electron chi connectivity index (χ3n) is 5.09. The fourth-order valence-corrected chi connectivity index (χ4v) is 4.30. The summed E-state index contributed by atoms with van der Waals surface area (Å²) in [5.41, 5.74) is 2.66. The molecule has 2 aromatic carbocycles. The molecule has 0 saturated carbocycles. The van der Waals surface area contributed by atoms with Crippen molar-refractivity contribution in [1.29, 1.82) is 0 Å². The molecule has 8 heteroatoms. The predicted octanol–water partition coefficient (Wildman–Crippen LogP) is 3.39. The third-order valence-corrected chi connectivity index (χ3v) is 5.69. The van der Waals surface area contributed by atoms with Gasteiger partial charge in [-0.3, -0.25) is 14.3 Å². The molecule has 0 amide bonds. The summed E-state index contributed by atoms with van der Waals surface area (Å²) in [7, 11) is -1.86. The molecule has 0 spiro atoms. The molecule has 7 nitrogen and oxygen atoms in total. The molecule has 31 heavy (non-hydrogen) atoms. The summed E-state index contributed by atoms with van der Waals surface area (Å²) in [4.78, 5) is 25.6. The van der Waals surface area contributed by atoms with Gasteiger partial charge in [0, 0.05) is 11.6 Å². The lowest BCUT2D eigenvalue weighted by Gasteiger charge is -2.29. The van der Waals surface area contributed by atoms with Gasteiger partial charge in [0.15, 0.2) is 5.78 Å². The minimum Gasteiger partial charge on any atom is -0.497 e. The first kappa shape index (κ1) is 22.6. The number of hydrogen-bond donors (Lipinski definition) is 1. The number of nitrogens with one attached hydrogen (secondary N) is 1. The largest absolute Gasteiger partial charge is 0.497 e. The van der Waals surface area contributed by atoms with Crippen LogP contribution < -0.4 is 9.46 Å². The van der Waals surface area contributed by atoms with Crippen molar-refractivity contribution in [2.45, 2.75) is 19.3 Å². The van der Waals surface area contributed by atoms with Crippen molar-refractivity contribution < 1.29 is 27.5 Å². The molecule has 1 aliphatic carbocycles. The van der Waals surface area contributed by atoms with Crippen LogP contribution in [0.4, 0.5) is 5.69 Å². The number of carbonyl (C=O) groups excluding carboxylic acids is 2. The predicted molar refractivity (Wildman–Crippen MR) is 118 cm³/mol. The van der Waals surface area contributed by atoms with E-state index in [4.69, 9.17) is 9.47 Å². The van der Waals surface area contributed by atoms with E-state index in [0.717, 1.165) is 17.4 Å². The van der Waals surface area contributed by atoms with Crippen LogP contribution >= 0.6 is 0 Å². The van der Waals surface area contributed by atoms with Crippen LogP contribution in [0.25, 0.3) is 5.57 Å². The summed E-state index contributed by atoms with van der Waals surface area (Å²) in [6.07, 6.45) is 2.96. The number of rotatable bonds is 7. The number of allylic oxidation sites excluding steroid dienone is 2. The van der Waals surface area contributed by atoms with E-state index in [1.165, 1.54) is 6.08 Å². The Labute approximate surface area is 182 Å². The van der Waals surface area contributed by atoms with Crippen LogP contribution in [0, 0.1) is 5.92 Å². The van der Waals surface area contributed by atoms with Crippen LogP contribution in [-0.4, -0.2) is 40.1 Å². The lowest BCUT2D eigenvalue weighted by molar-refractivity contribution is -0.151. The number of methoxy groups -OCH3 is 1. The highest BCUT2D eigenvalue weighted by Crippen LogP contribution is 2.41. The first-order chi connectivity index (χ1) is 14.7. The maximum atomic E-state index is 13.0. The van der Waals surface area contributed by atoms with E-state index >= 15 is 0 Å². The van der Waals surface area contributed by atoms with Gasteiger partial charge in [-0.05, 0) is 60.4 Å². The van der Waals surface area contributed by atoms with Crippen molar-refractivity contribution in [2.75, 3.05) is 24.7 Å². The van der Waals surface area contributed by atoms with Crippen LogP contribution in [0.15, 0.2) is 54.6 Å². The molecule has 164 valence electrons. The Morgan fingerprint density at radius 1 is 1.16 bits per heavy atom. The molecular formula is C23H25NO6S. The molecule has 1 aliphatic rings. The quantitative estimate of drug-likeness (QED) is 0.520. The summed E-state index contributed by atoms with van der Waals surface area (Å²) >= 11 is 0. The first-order valence-electron chi connectivity index (χ1n) is 9.85. The van der Waals surface area contributed by atoms with E-state index in [9.17, 15) is 18.0 Å². The second-order valence-electron chi connectivity index (χ2n) is 7.34. The monoisotopic (exact) mass is 443 g/mol. The molecule has 0 bridgehead atoms. The molecule has 0 aromatic heterocycles. The van der Waals surface area contributed by atoms with Gasteiger partial charge in [0.25, 0.3) is 0 Å². The molecule has 0 aliphatic heterocycles. The van der Waals surface area contributed by atoms with Crippen molar-refractivity contribution in [3.8, 4) is 5.75 Å². The van der Waals surface area contributed by atoms with E-state index in [0.29, 0.717) is 23.4 Å². The van der Waals surface area contributed by atoms with Gasteiger partial charge in [0.2, 0.25) is 10.0 Å². The number of ether oxygens (including phenoxy) is 2. The molecule has 3 rings (SSSR count). The van der Waals surface area contributed by atoms with Crippen LogP contribution in [-0.2, 0) is 24.3 Å². The number of benzene rings is 2. The molecule has 0 radical (unpaired) electrons. The van der Waals surface area contributed by atoms with Crippen LogP contribution in [0.1, 0.15) is 30.4 Å². The summed E-state index contributed by atoms with van der Waals surface area (Å²) in [5.74, 6) is -1.55. The average molecular weight is 444 g/mol. The number of carbonyl (C=O) groups is 2. The van der Waals surface area contributed by atoms with E-state index in [2.05, 4.69) is 4.72 Å². The van der Waals surface area contributed by atoms with Gasteiger partial charge in [-0.25, -0.2) is 8.42 Å². The Morgan fingerprint density at radius 3 is 2.48 bits per heavy atom. The van der Waals surface area contributed by atoms with Gasteiger partial charge < -0.3 is 9.47 Å². The van der Waals surface area contributed by atoms with Gasteiger partial charge >= 0.3 is 5.97 Å². The van der Waals surface area contributed by atoms with Crippen molar-refractivity contribution in [3.63, 3.8) is 0 Å². The Kier molecular flexibility index (Phi) is 6.80. The molecule has 0 saturated heterocycles. The number of sulfonamides is 1. The lowest BCUT2D eigenvalue weighted by Crippen LogP contribution is -2.34. The molecule has 0 fully saturated rings. The molecule has 1 N–H and O–H groups in total. The molecule has 2 aromatic rings. The molecule has 0 heterocycles. The Hall–Kier alpha value is -3.13. The van der Waals surface area contributed by atoms with Crippen molar-refractivity contribution in [2.24, 2.45) is 5.92 Å². The first-order valence-corrected chi connectivity index (χ1v) is 11.7. The van der Waals surface area contributed by atoms with Crippen LogP contribution in [0.2, 0.25) is 0 Å². The van der Waals surface area contributed by atoms with Crippen molar-refractivity contribution in [3.05, 3.63) is 65.7 Å². The third kappa shape index (κ3) is 5.52. The Bertz CT molecular complexity index is 1110. The van der Waals surface area contributed by atoms with Gasteiger partial charge in [0.05, 0.1) is 20.0 Å². The van der Waals surface area contributed by atoms with Crippen molar-refractivity contribution in [1.82, 2.24) is 0 Å². The Morgan fingerprint density at radius 2 is 1.87 bits per heavy atom. The summed E-state index contributed by atoms with van der Waals surface area (Å²) in [6, 6.07) is 14.1. The van der Waals surface area contributed by atoms with Gasteiger partial charge in [-0.2, -0.15) is 0 Å². The summed E-state index contributed by atoms with van der Waals surface area (Å²) < 4.78 is 36.0. The zero-order valence-corrected chi connectivity index (χ0v) is 18.4. The normalized spacial score (nSPS) is 18.8. The molecule has 2 atom stereocenters. The topological polar surface area (TPSA) is 98.8 Å². The van der Waals surface area contributed by atoms with Gasteiger partial charge in [-0.1, -0.05) is 24.3 Å². The van der Waals surface area contributed by atoms with E-state index in [1.54, 1.807) is 44.4 Å². The van der Waals surface area contributed by atoms with E-state index in [-0.39, 0.29) is 12.4 Å². The Balaban J connectivity index is 2.00. The fraction of sp³-hybridized carbons (Fsp3) is 0.304. The van der Waals surface area contributed by atoms with Gasteiger partial charge in [0.1, 0.15) is 11.7 Å². The number of ketones is 1. The van der Waals surface area contributed by atoms with Crippen LogP contribution in [0.3, 0.4) is 0 Å². The van der Waals surface area contributed by atoms with Gasteiger partial charge in [-0.15, -0.1) is 0 Å². The SMILES string of the molecule is CCOC(=O)[C@H]1C(=O)C=C(c2cccc(NS(C)(=O)=O)c2)C[C@H]1c1ccc(OC)cc1. The molecule has 0 unspecified atom stereocenters. The summed E-state index contributed by atoms with van der Waals surface area (Å²) in [5, 5.41) is 0. The second kappa shape index (κ2) is 9.34. The standard InChI is InChI=1S/C23H25NO6S/c1-4-30-23(26)22-20(15-8-10-19(29-2)11-9-15)13-17(14-21(22)25)16-6-5-7-18(12-16)24-31(3,27)28/h5-12,14,20,22,24H,4,13H2,1-3H3/t20-,22+/m0/s1. The maximum Gasteiger partial charge on any atom is 0.317 e. The van der Waals surface area contributed by atoms with E-state index < -0.39 is 27.8 Å². The zero-order chi connectivity index (χ0) is 22.6. The molecular weight excluding hydrogens is 418 g/mol. The number of anilines is 1. The fourth-order valence-electron chi connectivity index (χ4n) is 3.75. The van der Waals surface area contributed by atoms with Crippen LogP contribution in [0.5, 0.6) is 5.75 Å².